The van der Waals surface area contributed by atoms with Gasteiger partial charge in [-0.25, -0.2) is 4.90 Å². The summed E-state index contributed by atoms with van der Waals surface area (Å²) in [6, 6.07) is 14.8. The first-order valence-electron chi connectivity index (χ1n) is 11.2. The molecule has 2 aliphatic rings. The number of amides is 2. The molecule has 1 saturated heterocycles. The first-order valence-corrected chi connectivity index (χ1v) is 11.2. The molecule has 32 heavy (non-hydrogen) atoms. The molecular weight excluding hydrogens is 404 g/mol. The minimum atomic E-state index is -0.317. The summed E-state index contributed by atoms with van der Waals surface area (Å²) in [4.78, 5) is 30.6. The van der Waals surface area contributed by atoms with Crippen molar-refractivity contribution in [2.24, 2.45) is 5.92 Å². The maximum Gasteiger partial charge on any atom is 0.282 e. The van der Waals surface area contributed by atoms with Crippen molar-refractivity contribution in [2.45, 2.75) is 39.7 Å². The summed E-state index contributed by atoms with van der Waals surface area (Å²) in [6.07, 6.45) is 1.83. The summed E-state index contributed by atoms with van der Waals surface area (Å²) in [5, 5.41) is 9.70. The SMILES string of the molecule is Cc1ccccc1N1C(=O)C(c2ccc(OC(C)C)cc2)=C(N2CCCC(CO)C2)C1=O. The molecule has 1 atom stereocenters. The Balaban J connectivity index is 1.78. The fraction of sp³-hybridized carbons (Fsp3) is 0.385. The lowest BCUT2D eigenvalue weighted by Gasteiger charge is -2.34. The average Bonchev–Trinajstić information content (AvgIpc) is 3.04. The molecule has 2 aromatic carbocycles. The number of aliphatic hydroxyl groups excluding tert-OH is 1. The molecule has 2 amide bonds. The van der Waals surface area contributed by atoms with Crippen LogP contribution >= 0.6 is 0 Å². The van der Waals surface area contributed by atoms with Crippen molar-refractivity contribution in [1.29, 1.82) is 0 Å². The molecule has 0 radical (unpaired) electrons. The molecule has 6 nitrogen and oxygen atoms in total. The van der Waals surface area contributed by atoms with Crippen molar-refractivity contribution >= 4 is 23.1 Å². The van der Waals surface area contributed by atoms with Crippen LogP contribution < -0.4 is 9.64 Å². The lowest BCUT2D eigenvalue weighted by Crippen LogP contribution is -2.40. The second-order valence-corrected chi connectivity index (χ2v) is 8.78. The Kier molecular flexibility index (Phi) is 6.33. The highest BCUT2D eigenvalue weighted by atomic mass is 16.5. The van der Waals surface area contributed by atoms with E-state index in [2.05, 4.69) is 0 Å². The van der Waals surface area contributed by atoms with E-state index in [-0.39, 0.29) is 30.4 Å². The van der Waals surface area contributed by atoms with Gasteiger partial charge in [-0.1, -0.05) is 30.3 Å². The van der Waals surface area contributed by atoms with Gasteiger partial charge in [0.15, 0.2) is 0 Å². The number of carbonyl (C=O) groups is 2. The fourth-order valence-corrected chi connectivity index (χ4v) is 4.49. The standard InChI is InChI=1S/C26H30N2O4/c1-17(2)32-21-12-10-20(11-13-21)23-24(27-14-6-8-19(15-27)16-29)26(31)28(25(23)30)22-9-5-4-7-18(22)3/h4-5,7,9-13,17,19,29H,6,8,14-16H2,1-3H3. The summed E-state index contributed by atoms with van der Waals surface area (Å²) in [5.41, 5.74) is 2.99. The van der Waals surface area contributed by atoms with Crippen LogP contribution in [0.2, 0.25) is 0 Å². The van der Waals surface area contributed by atoms with E-state index in [9.17, 15) is 14.7 Å². The number of ether oxygens (including phenoxy) is 1. The van der Waals surface area contributed by atoms with Gasteiger partial charge in [0.05, 0.1) is 17.4 Å². The highest BCUT2D eigenvalue weighted by Gasteiger charge is 2.43. The van der Waals surface area contributed by atoms with Gasteiger partial charge in [0.2, 0.25) is 0 Å². The number of hydrogen-bond donors (Lipinski definition) is 1. The van der Waals surface area contributed by atoms with Crippen LogP contribution in [0.25, 0.3) is 5.57 Å². The van der Waals surface area contributed by atoms with Crippen LogP contribution in [-0.2, 0) is 9.59 Å². The number of likely N-dealkylation sites (tertiary alicyclic amines) is 1. The number of aliphatic hydroxyl groups is 1. The van der Waals surface area contributed by atoms with Crippen molar-refractivity contribution < 1.29 is 19.4 Å². The maximum atomic E-state index is 13.7. The van der Waals surface area contributed by atoms with E-state index in [0.717, 1.165) is 24.2 Å². The van der Waals surface area contributed by atoms with Crippen LogP contribution in [0.5, 0.6) is 5.75 Å². The second-order valence-electron chi connectivity index (χ2n) is 8.78. The van der Waals surface area contributed by atoms with Crippen molar-refractivity contribution in [3.8, 4) is 5.75 Å². The topological polar surface area (TPSA) is 70.1 Å². The largest absolute Gasteiger partial charge is 0.491 e. The second kappa shape index (κ2) is 9.17. The average molecular weight is 435 g/mol. The van der Waals surface area contributed by atoms with E-state index in [1.165, 1.54) is 4.90 Å². The van der Waals surface area contributed by atoms with Gasteiger partial charge >= 0.3 is 0 Å². The van der Waals surface area contributed by atoms with E-state index in [0.29, 0.717) is 35.6 Å². The predicted octanol–water partition coefficient (Wildman–Crippen LogP) is 3.77. The number of carbonyl (C=O) groups excluding carboxylic acids is 2. The van der Waals surface area contributed by atoms with Gasteiger partial charge in [0, 0.05) is 19.7 Å². The van der Waals surface area contributed by atoms with Gasteiger partial charge in [0.1, 0.15) is 11.4 Å². The molecule has 4 rings (SSSR count). The number of benzene rings is 2. The Bertz CT molecular complexity index is 1040. The summed E-state index contributed by atoms with van der Waals surface area (Å²) >= 11 is 0. The van der Waals surface area contributed by atoms with Crippen molar-refractivity contribution in [3.05, 3.63) is 65.4 Å². The Hall–Kier alpha value is -3.12. The first kappa shape index (κ1) is 22.1. The van der Waals surface area contributed by atoms with Crippen LogP contribution in [0.4, 0.5) is 5.69 Å². The van der Waals surface area contributed by atoms with Crippen molar-refractivity contribution in [3.63, 3.8) is 0 Å². The zero-order valence-electron chi connectivity index (χ0n) is 18.9. The highest BCUT2D eigenvalue weighted by Crippen LogP contribution is 2.37. The minimum absolute atomic E-state index is 0.0469. The zero-order valence-corrected chi connectivity index (χ0v) is 18.9. The summed E-state index contributed by atoms with van der Waals surface area (Å²) in [6.45, 7) is 7.14. The van der Waals surface area contributed by atoms with Gasteiger partial charge < -0.3 is 14.7 Å². The molecule has 1 unspecified atom stereocenters. The number of nitrogens with zero attached hydrogens (tertiary/aromatic N) is 2. The number of hydrogen-bond acceptors (Lipinski definition) is 5. The lowest BCUT2D eigenvalue weighted by molar-refractivity contribution is -0.120. The smallest absolute Gasteiger partial charge is 0.282 e. The number of rotatable bonds is 6. The number of piperidine rings is 1. The molecular formula is C26H30N2O4. The van der Waals surface area contributed by atoms with E-state index < -0.39 is 0 Å². The fourth-order valence-electron chi connectivity index (χ4n) is 4.49. The van der Waals surface area contributed by atoms with Gasteiger partial charge in [-0.05, 0) is 68.9 Å². The molecule has 1 fully saturated rings. The molecule has 1 N–H and O–H groups in total. The molecule has 2 aromatic rings. The van der Waals surface area contributed by atoms with Crippen LogP contribution in [0.3, 0.4) is 0 Å². The Morgan fingerprint density at radius 2 is 1.78 bits per heavy atom. The van der Waals surface area contributed by atoms with Gasteiger partial charge in [-0.2, -0.15) is 0 Å². The molecule has 6 heteroatoms. The molecule has 0 saturated carbocycles. The van der Waals surface area contributed by atoms with E-state index >= 15 is 0 Å². The quantitative estimate of drug-likeness (QED) is 0.701. The third-order valence-corrected chi connectivity index (χ3v) is 6.02. The lowest BCUT2D eigenvalue weighted by atomic mass is 9.97. The molecule has 0 aliphatic carbocycles. The first-order chi connectivity index (χ1) is 15.4. The number of aryl methyl sites for hydroxylation is 1. The number of anilines is 1. The molecule has 2 aliphatic heterocycles. The third kappa shape index (κ3) is 4.15. The summed E-state index contributed by atoms with van der Waals surface area (Å²) in [5.74, 6) is 0.190. The molecule has 0 spiro atoms. The summed E-state index contributed by atoms with van der Waals surface area (Å²) in [7, 11) is 0. The molecule has 0 aromatic heterocycles. The van der Waals surface area contributed by atoms with E-state index in [1.54, 1.807) is 6.07 Å². The van der Waals surface area contributed by atoms with E-state index in [1.807, 2.05) is 68.1 Å². The Labute approximate surface area is 189 Å². The van der Waals surface area contributed by atoms with Crippen molar-refractivity contribution in [2.75, 3.05) is 24.6 Å². The molecule has 0 bridgehead atoms. The van der Waals surface area contributed by atoms with Gasteiger partial charge in [0.25, 0.3) is 11.8 Å². The zero-order chi connectivity index (χ0) is 22.8. The Morgan fingerprint density at radius 3 is 2.44 bits per heavy atom. The van der Waals surface area contributed by atoms with Crippen molar-refractivity contribution in [1.82, 2.24) is 4.90 Å². The van der Waals surface area contributed by atoms with Crippen LogP contribution in [0.15, 0.2) is 54.2 Å². The number of para-hydroxylation sites is 1. The van der Waals surface area contributed by atoms with Crippen LogP contribution in [-0.4, -0.2) is 47.6 Å². The molecule has 2 heterocycles. The monoisotopic (exact) mass is 434 g/mol. The third-order valence-electron chi connectivity index (χ3n) is 6.02. The van der Waals surface area contributed by atoms with Gasteiger partial charge in [-0.3, -0.25) is 9.59 Å². The van der Waals surface area contributed by atoms with Crippen LogP contribution in [0.1, 0.15) is 37.8 Å². The van der Waals surface area contributed by atoms with E-state index in [4.69, 9.17) is 4.74 Å². The van der Waals surface area contributed by atoms with Crippen LogP contribution in [0, 0.1) is 12.8 Å². The minimum Gasteiger partial charge on any atom is -0.491 e. The summed E-state index contributed by atoms with van der Waals surface area (Å²) < 4.78 is 5.74. The Morgan fingerprint density at radius 1 is 1.06 bits per heavy atom. The maximum absolute atomic E-state index is 13.7. The van der Waals surface area contributed by atoms with Gasteiger partial charge in [-0.15, -0.1) is 0 Å². The molecule has 168 valence electrons. The normalized spacial score (nSPS) is 19.3. The predicted molar refractivity (Wildman–Crippen MR) is 124 cm³/mol. The highest BCUT2D eigenvalue weighted by molar-refractivity contribution is 6.45. The number of imide groups is 1.